The van der Waals surface area contributed by atoms with Gasteiger partial charge in [0, 0.05) is 17.8 Å². The summed E-state index contributed by atoms with van der Waals surface area (Å²) < 4.78 is 16.1. The highest BCUT2D eigenvalue weighted by atomic mass is 16.6. The molecule has 0 saturated carbocycles. The number of methoxy groups -OCH3 is 2. The van der Waals surface area contributed by atoms with Gasteiger partial charge in [-0.05, 0) is 42.0 Å². The second-order valence-corrected chi connectivity index (χ2v) is 7.38. The second-order valence-electron chi connectivity index (χ2n) is 7.38. The molecule has 0 fully saturated rings. The SMILES string of the molecule is COc1ccccc1NC(=O)/C(C#N)=C\c1ccc(OCC(=O)Nc2cccc([N+](=O)[O-])c2)c(OC)c1. The van der Waals surface area contributed by atoms with E-state index < -0.39 is 16.7 Å². The number of nitrogens with zero attached hydrogens (tertiary/aromatic N) is 2. The number of carbonyl (C=O) groups is 2. The van der Waals surface area contributed by atoms with Gasteiger partial charge < -0.3 is 24.8 Å². The zero-order valence-electron chi connectivity index (χ0n) is 19.9. The molecule has 3 rings (SSSR count). The third kappa shape index (κ3) is 7.06. The number of rotatable bonds is 10. The minimum Gasteiger partial charge on any atom is -0.495 e. The number of nitriles is 1. The zero-order valence-corrected chi connectivity index (χ0v) is 19.9. The number of hydrogen-bond donors (Lipinski definition) is 2. The van der Waals surface area contributed by atoms with E-state index in [4.69, 9.17) is 14.2 Å². The lowest BCUT2D eigenvalue weighted by Crippen LogP contribution is -2.20. The van der Waals surface area contributed by atoms with E-state index in [2.05, 4.69) is 10.6 Å². The van der Waals surface area contributed by atoms with Crippen LogP contribution < -0.4 is 24.8 Å². The van der Waals surface area contributed by atoms with E-state index >= 15 is 0 Å². The van der Waals surface area contributed by atoms with E-state index in [0.717, 1.165) is 0 Å². The number of benzene rings is 3. The van der Waals surface area contributed by atoms with Crippen molar-refractivity contribution in [2.75, 3.05) is 31.5 Å². The molecule has 0 radical (unpaired) electrons. The highest BCUT2D eigenvalue weighted by Gasteiger charge is 2.14. The Labute approximate surface area is 212 Å². The van der Waals surface area contributed by atoms with Crippen molar-refractivity contribution in [3.8, 4) is 23.3 Å². The Kier molecular flexibility index (Phi) is 8.77. The summed E-state index contributed by atoms with van der Waals surface area (Å²) in [4.78, 5) is 35.2. The molecule has 0 unspecified atom stereocenters. The maximum absolute atomic E-state index is 12.6. The number of para-hydroxylation sites is 2. The Hall–Kier alpha value is -5.37. The normalized spacial score (nSPS) is 10.6. The van der Waals surface area contributed by atoms with Crippen LogP contribution in [0.15, 0.2) is 72.3 Å². The van der Waals surface area contributed by atoms with Gasteiger partial charge in [-0.1, -0.05) is 24.3 Å². The minimum atomic E-state index is -0.621. The topological polar surface area (TPSA) is 153 Å². The Morgan fingerprint density at radius 2 is 1.73 bits per heavy atom. The van der Waals surface area contributed by atoms with E-state index in [1.807, 2.05) is 6.07 Å². The van der Waals surface area contributed by atoms with Gasteiger partial charge in [-0.2, -0.15) is 5.26 Å². The van der Waals surface area contributed by atoms with Gasteiger partial charge >= 0.3 is 0 Å². The van der Waals surface area contributed by atoms with Gasteiger partial charge in [0.05, 0.1) is 24.8 Å². The van der Waals surface area contributed by atoms with Crippen LogP contribution in [0.5, 0.6) is 17.2 Å². The number of nitro groups is 1. The number of nitrogens with one attached hydrogen (secondary N) is 2. The van der Waals surface area contributed by atoms with Gasteiger partial charge in [-0.25, -0.2) is 0 Å². The monoisotopic (exact) mass is 502 g/mol. The molecule has 0 heterocycles. The van der Waals surface area contributed by atoms with Crippen LogP contribution in [0, 0.1) is 21.4 Å². The molecule has 11 heteroatoms. The van der Waals surface area contributed by atoms with Gasteiger partial charge in [0.15, 0.2) is 18.1 Å². The van der Waals surface area contributed by atoms with Crippen molar-refractivity contribution in [3.05, 3.63) is 88.0 Å². The number of amides is 2. The summed E-state index contributed by atoms with van der Waals surface area (Å²) in [5, 5.41) is 25.6. The molecule has 0 aromatic heterocycles. The molecule has 0 saturated heterocycles. The van der Waals surface area contributed by atoms with Crippen molar-refractivity contribution in [1.29, 1.82) is 5.26 Å². The highest BCUT2D eigenvalue weighted by molar-refractivity contribution is 6.10. The van der Waals surface area contributed by atoms with Gasteiger partial charge in [0.25, 0.3) is 17.5 Å². The van der Waals surface area contributed by atoms with Gasteiger partial charge in [0.1, 0.15) is 17.4 Å². The summed E-state index contributed by atoms with van der Waals surface area (Å²) in [6, 6.07) is 18.9. The quantitative estimate of drug-likeness (QED) is 0.181. The maximum Gasteiger partial charge on any atom is 0.271 e. The molecule has 188 valence electrons. The molecule has 0 aliphatic heterocycles. The number of nitro benzene ring substituents is 1. The summed E-state index contributed by atoms with van der Waals surface area (Å²) >= 11 is 0. The van der Waals surface area contributed by atoms with E-state index in [9.17, 15) is 25.0 Å². The Morgan fingerprint density at radius 3 is 2.43 bits per heavy atom. The molecule has 0 bridgehead atoms. The van der Waals surface area contributed by atoms with Crippen LogP contribution in [0.1, 0.15) is 5.56 Å². The molecule has 0 aliphatic carbocycles. The predicted molar refractivity (Wildman–Crippen MR) is 135 cm³/mol. The first kappa shape index (κ1) is 26.2. The first-order chi connectivity index (χ1) is 17.8. The second kappa shape index (κ2) is 12.4. The molecule has 37 heavy (non-hydrogen) atoms. The molecule has 11 nitrogen and oxygen atoms in total. The molecule has 3 aromatic carbocycles. The minimum absolute atomic E-state index is 0.155. The molecule has 0 atom stereocenters. The van der Waals surface area contributed by atoms with Crippen LogP contribution >= 0.6 is 0 Å². The first-order valence-corrected chi connectivity index (χ1v) is 10.8. The average Bonchev–Trinajstić information content (AvgIpc) is 2.91. The molecule has 0 aliphatic rings. The molecular formula is C26H22N4O7. The molecule has 2 N–H and O–H groups in total. The lowest BCUT2D eigenvalue weighted by molar-refractivity contribution is -0.384. The van der Waals surface area contributed by atoms with Crippen molar-refractivity contribution in [1.82, 2.24) is 0 Å². The van der Waals surface area contributed by atoms with Crippen LogP contribution in [0.25, 0.3) is 6.08 Å². The van der Waals surface area contributed by atoms with Crippen LogP contribution in [0.4, 0.5) is 17.1 Å². The fourth-order valence-electron chi connectivity index (χ4n) is 3.18. The molecular weight excluding hydrogens is 480 g/mol. The van der Waals surface area contributed by atoms with Crippen molar-refractivity contribution < 1.29 is 28.7 Å². The number of non-ortho nitro benzene ring substituents is 1. The number of hydrogen-bond acceptors (Lipinski definition) is 8. The van der Waals surface area contributed by atoms with Crippen LogP contribution in [0.2, 0.25) is 0 Å². The smallest absolute Gasteiger partial charge is 0.271 e. The van der Waals surface area contributed by atoms with Crippen molar-refractivity contribution >= 4 is 35.0 Å². The fourth-order valence-corrected chi connectivity index (χ4v) is 3.18. The number of anilines is 2. The van der Waals surface area contributed by atoms with Crippen molar-refractivity contribution in [3.63, 3.8) is 0 Å². The van der Waals surface area contributed by atoms with Crippen LogP contribution in [-0.4, -0.2) is 37.6 Å². The van der Waals surface area contributed by atoms with Gasteiger partial charge in [0.2, 0.25) is 0 Å². The zero-order chi connectivity index (χ0) is 26.8. The third-order valence-corrected chi connectivity index (χ3v) is 4.92. The lowest BCUT2D eigenvalue weighted by Gasteiger charge is -2.12. The standard InChI is InChI=1S/C26H22N4O7/c1-35-22-9-4-3-8-21(22)29-26(32)18(15-27)12-17-10-11-23(24(13-17)36-2)37-16-25(31)28-19-6-5-7-20(14-19)30(33)34/h3-14H,16H2,1-2H3,(H,28,31)(H,29,32)/b18-12-. The predicted octanol–water partition coefficient (Wildman–Crippen LogP) is 4.18. The molecule has 3 aromatic rings. The summed E-state index contributed by atoms with van der Waals surface area (Å²) in [6.45, 7) is -0.390. The Bertz CT molecular complexity index is 1400. The van der Waals surface area contributed by atoms with Gasteiger partial charge in [-0.15, -0.1) is 0 Å². The largest absolute Gasteiger partial charge is 0.495 e. The summed E-state index contributed by atoms with van der Waals surface area (Å²) in [6.07, 6.45) is 1.38. The van der Waals surface area contributed by atoms with E-state index in [0.29, 0.717) is 17.0 Å². The van der Waals surface area contributed by atoms with E-state index in [1.54, 1.807) is 36.4 Å². The number of carbonyl (C=O) groups excluding carboxylic acids is 2. The lowest BCUT2D eigenvalue weighted by atomic mass is 10.1. The van der Waals surface area contributed by atoms with Crippen molar-refractivity contribution in [2.45, 2.75) is 0 Å². The average molecular weight is 502 g/mol. The Morgan fingerprint density at radius 1 is 0.973 bits per heavy atom. The van der Waals surface area contributed by atoms with Gasteiger partial charge in [-0.3, -0.25) is 19.7 Å². The summed E-state index contributed by atoms with van der Waals surface area (Å²) in [5.41, 5.74) is 0.846. The van der Waals surface area contributed by atoms with Crippen LogP contribution in [0.3, 0.4) is 0 Å². The van der Waals surface area contributed by atoms with E-state index in [-0.39, 0.29) is 35.1 Å². The Balaban J connectivity index is 1.68. The van der Waals surface area contributed by atoms with Crippen LogP contribution in [-0.2, 0) is 9.59 Å². The first-order valence-electron chi connectivity index (χ1n) is 10.8. The molecule has 0 spiro atoms. The molecule has 2 amide bonds. The summed E-state index contributed by atoms with van der Waals surface area (Å²) in [5.74, 6) is -0.202. The highest BCUT2D eigenvalue weighted by Crippen LogP contribution is 2.29. The summed E-state index contributed by atoms with van der Waals surface area (Å²) in [7, 11) is 2.87. The third-order valence-electron chi connectivity index (χ3n) is 4.92. The fraction of sp³-hybridized carbons (Fsp3) is 0.115. The van der Waals surface area contributed by atoms with E-state index in [1.165, 1.54) is 50.6 Å². The maximum atomic E-state index is 12.6. The van der Waals surface area contributed by atoms with Crippen molar-refractivity contribution in [2.24, 2.45) is 0 Å². The number of ether oxygens (including phenoxy) is 3.